The van der Waals surface area contributed by atoms with Crippen LogP contribution < -0.4 is 4.90 Å². The van der Waals surface area contributed by atoms with Crippen LogP contribution in [0.25, 0.3) is 83.9 Å². The van der Waals surface area contributed by atoms with Crippen molar-refractivity contribution in [2.45, 2.75) is 13.3 Å². The molecule has 2 heterocycles. The summed E-state index contributed by atoms with van der Waals surface area (Å²) < 4.78 is 6.75. The smallest absolute Gasteiger partial charge is 0.164 e. The molecule has 5 nitrogen and oxygen atoms in total. The molecule has 0 saturated carbocycles. The first-order chi connectivity index (χ1) is 31.1. The largest absolute Gasteiger partial charge is 0.456 e. The molecule has 0 amide bonds. The highest BCUT2D eigenvalue weighted by Gasteiger charge is 2.21. The van der Waals surface area contributed by atoms with Crippen molar-refractivity contribution in [3.05, 3.63) is 224 Å². The molecule has 11 rings (SSSR count). The number of furan rings is 1. The third kappa shape index (κ3) is 7.51. The number of fused-ring (bicyclic) bond motifs is 3. The minimum absolute atomic E-state index is 0.524. The molecule has 1 aliphatic rings. The second kappa shape index (κ2) is 16.4. The third-order valence-electron chi connectivity index (χ3n) is 11.9. The Morgan fingerprint density at radius 2 is 0.984 bits per heavy atom. The summed E-state index contributed by atoms with van der Waals surface area (Å²) in [6.07, 6.45) is 7.72. The van der Waals surface area contributed by atoms with Gasteiger partial charge in [-0.15, -0.1) is 0 Å². The van der Waals surface area contributed by atoms with Crippen LogP contribution in [0.15, 0.2) is 223 Å². The fourth-order valence-corrected chi connectivity index (χ4v) is 8.71. The molecule has 1 unspecified atom stereocenters. The third-order valence-corrected chi connectivity index (χ3v) is 11.9. The zero-order valence-electron chi connectivity index (χ0n) is 34.8. The van der Waals surface area contributed by atoms with Crippen LogP contribution in [-0.2, 0) is 0 Å². The Morgan fingerprint density at radius 3 is 1.67 bits per heavy atom. The van der Waals surface area contributed by atoms with Gasteiger partial charge in [0.25, 0.3) is 0 Å². The van der Waals surface area contributed by atoms with Crippen molar-refractivity contribution in [1.82, 2.24) is 15.0 Å². The summed E-state index contributed by atoms with van der Waals surface area (Å²) in [5, 5.41) is 1.94. The Morgan fingerprint density at radius 1 is 0.444 bits per heavy atom. The van der Waals surface area contributed by atoms with Crippen LogP contribution in [0.3, 0.4) is 0 Å². The van der Waals surface area contributed by atoms with E-state index in [1.165, 1.54) is 22.3 Å². The van der Waals surface area contributed by atoms with Gasteiger partial charge in [0.2, 0.25) is 0 Å². The lowest BCUT2D eigenvalue weighted by atomic mass is 9.91. The Bertz CT molecular complexity index is 3300. The SMILES string of the molecule is CC1C=CC=C(c2ccc(N(c3ccc(-c4ccccc4)cc3)c3ccc4c(c3)oc3cccc(-c5nc(-c6ccccc6)nc(-c6cccc(-c7ccccc7)c6)n5)c34)cc2)C1. The van der Waals surface area contributed by atoms with Gasteiger partial charge in [-0.25, -0.2) is 15.0 Å². The lowest BCUT2D eigenvalue weighted by Gasteiger charge is -2.26. The highest BCUT2D eigenvalue weighted by molar-refractivity contribution is 6.12. The van der Waals surface area contributed by atoms with E-state index in [9.17, 15) is 0 Å². The average molecular weight is 811 g/mol. The summed E-state index contributed by atoms with van der Waals surface area (Å²) >= 11 is 0. The van der Waals surface area contributed by atoms with Gasteiger partial charge in [0.1, 0.15) is 11.2 Å². The van der Waals surface area contributed by atoms with Gasteiger partial charge in [-0.2, -0.15) is 0 Å². The summed E-state index contributed by atoms with van der Waals surface area (Å²) in [6, 6.07) is 69.8. The van der Waals surface area contributed by atoms with Crippen molar-refractivity contribution < 1.29 is 4.42 Å². The van der Waals surface area contributed by atoms with Gasteiger partial charge in [0.05, 0.1) is 0 Å². The summed E-state index contributed by atoms with van der Waals surface area (Å²) in [7, 11) is 0. The lowest BCUT2D eigenvalue weighted by molar-refractivity contribution is 0.669. The van der Waals surface area contributed by atoms with Gasteiger partial charge in [0, 0.05) is 50.6 Å². The highest BCUT2D eigenvalue weighted by atomic mass is 16.3. The van der Waals surface area contributed by atoms with E-state index in [0.717, 1.165) is 73.2 Å². The molecule has 8 aromatic carbocycles. The average Bonchev–Trinajstić information content (AvgIpc) is 3.74. The molecular formula is C58H42N4O. The van der Waals surface area contributed by atoms with E-state index >= 15 is 0 Å². The van der Waals surface area contributed by atoms with E-state index in [2.05, 4.69) is 182 Å². The van der Waals surface area contributed by atoms with Crippen LogP contribution in [0, 0.1) is 5.92 Å². The van der Waals surface area contributed by atoms with Crippen LogP contribution in [-0.4, -0.2) is 15.0 Å². The number of rotatable bonds is 9. The molecule has 2 aromatic heterocycles. The summed E-state index contributed by atoms with van der Waals surface area (Å²) in [5.41, 5.74) is 14.5. The van der Waals surface area contributed by atoms with E-state index in [-0.39, 0.29) is 0 Å². The predicted octanol–water partition coefficient (Wildman–Crippen LogP) is 15.6. The van der Waals surface area contributed by atoms with Gasteiger partial charge in [-0.05, 0) is 94.3 Å². The first-order valence-corrected chi connectivity index (χ1v) is 21.5. The van der Waals surface area contributed by atoms with Crippen LogP contribution in [0.1, 0.15) is 18.9 Å². The number of aromatic nitrogens is 3. The second-order valence-electron chi connectivity index (χ2n) is 16.1. The normalized spacial score (nSPS) is 13.6. The fourth-order valence-electron chi connectivity index (χ4n) is 8.71. The van der Waals surface area contributed by atoms with Gasteiger partial charge in [0.15, 0.2) is 17.5 Å². The molecule has 1 aliphatic carbocycles. The summed E-state index contributed by atoms with van der Waals surface area (Å²) in [4.78, 5) is 17.7. The van der Waals surface area contributed by atoms with Crippen molar-refractivity contribution in [1.29, 1.82) is 0 Å². The predicted molar refractivity (Wildman–Crippen MR) is 260 cm³/mol. The standard InChI is InChI=1S/C58H42N4O/c1-39-14-11-21-45(36-39)43-28-32-49(33-29-43)62(48-30-26-42(27-31-48)40-15-5-2-6-16-40)50-34-35-51-54(38-50)63-53-25-13-24-52(55(51)53)58-60-56(44-19-9-4-10-20-44)59-57(61-58)47-23-12-22-46(37-47)41-17-7-3-8-18-41/h2-35,37-39H,36H2,1H3. The van der Waals surface area contributed by atoms with Crippen molar-refractivity contribution in [3.63, 3.8) is 0 Å². The van der Waals surface area contributed by atoms with Gasteiger partial charge < -0.3 is 9.32 Å². The molecule has 0 aliphatic heterocycles. The van der Waals surface area contributed by atoms with E-state index in [1.807, 2.05) is 48.5 Å². The van der Waals surface area contributed by atoms with E-state index < -0.39 is 0 Å². The second-order valence-corrected chi connectivity index (χ2v) is 16.1. The maximum atomic E-state index is 6.75. The fraction of sp³-hybridized carbons (Fsp3) is 0.0517. The molecule has 10 aromatic rings. The molecule has 0 saturated heterocycles. The Labute approximate surface area is 367 Å². The lowest BCUT2D eigenvalue weighted by Crippen LogP contribution is -2.10. The molecule has 0 fully saturated rings. The molecular weight excluding hydrogens is 769 g/mol. The maximum Gasteiger partial charge on any atom is 0.164 e. The number of nitrogens with zero attached hydrogens (tertiary/aromatic N) is 4. The topological polar surface area (TPSA) is 55.1 Å². The van der Waals surface area contributed by atoms with Gasteiger partial charge in [-0.3, -0.25) is 0 Å². The van der Waals surface area contributed by atoms with Gasteiger partial charge >= 0.3 is 0 Å². The Hall–Kier alpha value is -8.15. The Balaban J connectivity index is 1.03. The molecule has 0 spiro atoms. The molecule has 1 atom stereocenters. The first kappa shape index (κ1) is 37.8. The quantitative estimate of drug-likeness (QED) is 0.145. The monoisotopic (exact) mass is 810 g/mol. The van der Waals surface area contributed by atoms with Crippen LogP contribution >= 0.6 is 0 Å². The molecule has 300 valence electrons. The first-order valence-electron chi connectivity index (χ1n) is 21.5. The van der Waals surface area contributed by atoms with Crippen molar-refractivity contribution in [3.8, 4) is 56.4 Å². The van der Waals surface area contributed by atoms with Crippen LogP contribution in [0.5, 0.6) is 0 Å². The minimum atomic E-state index is 0.524. The number of hydrogen-bond donors (Lipinski definition) is 0. The van der Waals surface area contributed by atoms with Crippen LogP contribution in [0.4, 0.5) is 17.1 Å². The zero-order chi connectivity index (χ0) is 42.1. The van der Waals surface area contributed by atoms with Gasteiger partial charge in [-0.1, -0.05) is 171 Å². The maximum absolute atomic E-state index is 6.75. The summed E-state index contributed by atoms with van der Waals surface area (Å²) in [6.45, 7) is 2.27. The van der Waals surface area contributed by atoms with E-state index in [0.29, 0.717) is 23.4 Å². The minimum Gasteiger partial charge on any atom is -0.456 e. The molecule has 5 heteroatoms. The number of benzene rings is 8. The summed E-state index contributed by atoms with van der Waals surface area (Å²) in [5.74, 6) is 2.32. The molecule has 0 radical (unpaired) electrons. The number of hydrogen-bond acceptors (Lipinski definition) is 5. The number of allylic oxidation sites excluding steroid dienone is 4. The Kier molecular flexibility index (Phi) is 9.83. The van der Waals surface area contributed by atoms with Crippen molar-refractivity contribution >= 4 is 44.6 Å². The van der Waals surface area contributed by atoms with Crippen LogP contribution in [0.2, 0.25) is 0 Å². The van der Waals surface area contributed by atoms with Crippen molar-refractivity contribution in [2.24, 2.45) is 5.92 Å². The number of anilines is 3. The molecule has 0 N–H and O–H groups in total. The van der Waals surface area contributed by atoms with E-state index in [4.69, 9.17) is 19.4 Å². The van der Waals surface area contributed by atoms with E-state index in [1.54, 1.807) is 0 Å². The molecule has 63 heavy (non-hydrogen) atoms. The van der Waals surface area contributed by atoms with Crippen molar-refractivity contribution in [2.75, 3.05) is 4.90 Å². The highest BCUT2D eigenvalue weighted by Crippen LogP contribution is 2.42. The molecule has 0 bridgehead atoms. The zero-order valence-corrected chi connectivity index (χ0v) is 34.8.